The molecule has 0 saturated carbocycles. The lowest BCUT2D eigenvalue weighted by Gasteiger charge is -2.13. The highest BCUT2D eigenvalue weighted by Gasteiger charge is 2.16. The zero-order chi connectivity index (χ0) is 12.1. The van der Waals surface area contributed by atoms with Crippen LogP contribution < -0.4 is 5.32 Å². The summed E-state index contributed by atoms with van der Waals surface area (Å²) in [6.45, 7) is 3.82. The minimum absolute atomic E-state index is 0.0415. The van der Waals surface area contributed by atoms with Gasteiger partial charge in [-0.2, -0.15) is 0 Å². The normalized spacial score (nSPS) is 12.2. The number of halogens is 2. The predicted molar refractivity (Wildman–Crippen MR) is 58.2 cm³/mol. The van der Waals surface area contributed by atoms with Crippen molar-refractivity contribution in [2.24, 2.45) is 0 Å². The van der Waals surface area contributed by atoms with Gasteiger partial charge in [0, 0.05) is 6.04 Å². The summed E-state index contributed by atoms with van der Waals surface area (Å²) in [5, 5.41) is 2.62. The highest BCUT2D eigenvalue weighted by atomic mass is 19.2. The summed E-state index contributed by atoms with van der Waals surface area (Å²) in [5.74, 6) is -2.67. The van der Waals surface area contributed by atoms with Gasteiger partial charge in [-0.15, -0.1) is 0 Å². The van der Waals surface area contributed by atoms with Crippen molar-refractivity contribution in [2.75, 3.05) is 0 Å². The molecule has 0 spiro atoms. The lowest BCUT2D eigenvalue weighted by Crippen LogP contribution is -2.33. The van der Waals surface area contributed by atoms with Crippen LogP contribution in [0.5, 0.6) is 0 Å². The van der Waals surface area contributed by atoms with Crippen molar-refractivity contribution >= 4 is 5.91 Å². The van der Waals surface area contributed by atoms with Crippen LogP contribution in [0.2, 0.25) is 0 Å². The van der Waals surface area contributed by atoms with Crippen molar-refractivity contribution in [2.45, 2.75) is 32.7 Å². The van der Waals surface area contributed by atoms with Crippen LogP contribution >= 0.6 is 0 Å². The van der Waals surface area contributed by atoms with Crippen LogP contribution in [0.3, 0.4) is 0 Å². The fraction of sp³-hybridized carbons (Fsp3) is 0.417. The number of rotatable bonds is 4. The maximum absolute atomic E-state index is 13.3. The van der Waals surface area contributed by atoms with Gasteiger partial charge in [-0.3, -0.25) is 4.79 Å². The highest BCUT2D eigenvalue weighted by Crippen LogP contribution is 2.11. The second-order valence-corrected chi connectivity index (χ2v) is 3.76. The SMILES string of the molecule is CCCC(C)NC(=O)c1cccc(F)c1F. The summed E-state index contributed by atoms with van der Waals surface area (Å²) >= 11 is 0. The van der Waals surface area contributed by atoms with E-state index in [2.05, 4.69) is 5.32 Å². The molecule has 0 heterocycles. The number of carbonyl (C=O) groups is 1. The molecule has 1 rings (SSSR count). The van der Waals surface area contributed by atoms with Crippen molar-refractivity contribution in [3.05, 3.63) is 35.4 Å². The molecule has 0 saturated heterocycles. The molecule has 0 aliphatic carbocycles. The first kappa shape index (κ1) is 12.6. The molecule has 1 aromatic carbocycles. The van der Waals surface area contributed by atoms with E-state index in [0.717, 1.165) is 18.9 Å². The third-order valence-electron chi connectivity index (χ3n) is 2.30. The standard InChI is InChI=1S/C12H15F2NO/c1-3-5-8(2)15-12(16)9-6-4-7-10(13)11(9)14/h4,6-8H,3,5H2,1-2H3,(H,15,16). The fourth-order valence-electron chi connectivity index (χ4n) is 1.49. The summed E-state index contributed by atoms with van der Waals surface area (Å²) < 4.78 is 26.1. The Labute approximate surface area is 93.7 Å². The molecule has 1 aromatic rings. The van der Waals surface area contributed by atoms with Gasteiger partial charge in [0.05, 0.1) is 5.56 Å². The first-order valence-electron chi connectivity index (χ1n) is 5.31. The molecular formula is C12H15F2NO. The second kappa shape index (κ2) is 5.58. The summed E-state index contributed by atoms with van der Waals surface area (Å²) in [7, 11) is 0. The van der Waals surface area contributed by atoms with Crippen molar-refractivity contribution < 1.29 is 13.6 Å². The molecule has 0 aliphatic heterocycles. The zero-order valence-electron chi connectivity index (χ0n) is 9.39. The van der Waals surface area contributed by atoms with E-state index in [-0.39, 0.29) is 11.6 Å². The molecule has 0 fully saturated rings. The third kappa shape index (κ3) is 3.02. The van der Waals surface area contributed by atoms with Crippen LogP contribution in [0.25, 0.3) is 0 Å². The van der Waals surface area contributed by atoms with Gasteiger partial charge in [-0.05, 0) is 25.5 Å². The van der Waals surface area contributed by atoms with Gasteiger partial charge in [0.25, 0.3) is 5.91 Å². The Balaban J connectivity index is 2.77. The van der Waals surface area contributed by atoms with Crippen molar-refractivity contribution in [1.29, 1.82) is 0 Å². The second-order valence-electron chi connectivity index (χ2n) is 3.76. The Hall–Kier alpha value is -1.45. The number of nitrogens with one attached hydrogen (secondary N) is 1. The van der Waals surface area contributed by atoms with Crippen LogP contribution in [0.15, 0.2) is 18.2 Å². The molecule has 0 aromatic heterocycles. The largest absolute Gasteiger partial charge is 0.349 e. The smallest absolute Gasteiger partial charge is 0.254 e. The summed E-state index contributed by atoms with van der Waals surface area (Å²) in [6, 6.07) is 3.53. The van der Waals surface area contributed by atoms with Crippen LogP contribution in [0, 0.1) is 11.6 Å². The van der Waals surface area contributed by atoms with E-state index < -0.39 is 17.5 Å². The molecule has 88 valence electrons. The Morgan fingerprint density at radius 3 is 2.75 bits per heavy atom. The number of hydrogen-bond donors (Lipinski definition) is 1. The van der Waals surface area contributed by atoms with Gasteiger partial charge in [0.1, 0.15) is 0 Å². The van der Waals surface area contributed by atoms with Crippen molar-refractivity contribution in [1.82, 2.24) is 5.32 Å². The molecule has 1 amide bonds. The van der Waals surface area contributed by atoms with Gasteiger partial charge in [0.15, 0.2) is 11.6 Å². The molecule has 0 bridgehead atoms. The molecule has 0 radical (unpaired) electrons. The predicted octanol–water partition coefficient (Wildman–Crippen LogP) is 2.88. The lowest BCUT2D eigenvalue weighted by atomic mass is 10.1. The maximum Gasteiger partial charge on any atom is 0.254 e. The number of hydrogen-bond acceptors (Lipinski definition) is 1. The first-order chi connectivity index (χ1) is 7.56. The number of amides is 1. The van der Waals surface area contributed by atoms with Crippen molar-refractivity contribution in [3.8, 4) is 0 Å². The van der Waals surface area contributed by atoms with Crippen LogP contribution in [-0.2, 0) is 0 Å². The average Bonchev–Trinajstić information content (AvgIpc) is 2.22. The van der Waals surface area contributed by atoms with Gasteiger partial charge in [-0.25, -0.2) is 8.78 Å². The van der Waals surface area contributed by atoms with Crippen LogP contribution in [0.1, 0.15) is 37.0 Å². The topological polar surface area (TPSA) is 29.1 Å². The van der Waals surface area contributed by atoms with E-state index in [4.69, 9.17) is 0 Å². The fourth-order valence-corrected chi connectivity index (χ4v) is 1.49. The Morgan fingerprint density at radius 1 is 1.44 bits per heavy atom. The van der Waals surface area contributed by atoms with Gasteiger partial charge < -0.3 is 5.32 Å². The van der Waals surface area contributed by atoms with Crippen LogP contribution in [0.4, 0.5) is 8.78 Å². The molecule has 1 unspecified atom stereocenters. The first-order valence-corrected chi connectivity index (χ1v) is 5.31. The third-order valence-corrected chi connectivity index (χ3v) is 2.30. The van der Waals surface area contributed by atoms with Gasteiger partial charge in [-0.1, -0.05) is 19.4 Å². The molecule has 1 atom stereocenters. The Kier molecular flexibility index (Phi) is 4.40. The molecule has 16 heavy (non-hydrogen) atoms. The maximum atomic E-state index is 13.3. The van der Waals surface area contributed by atoms with E-state index in [1.54, 1.807) is 0 Å². The molecule has 0 aliphatic rings. The van der Waals surface area contributed by atoms with Crippen LogP contribution in [-0.4, -0.2) is 11.9 Å². The van der Waals surface area contributed by atoms with Gasteiger partial charge >= 0.3 is 0 Å². The monoisotopic (exact) mass is 227 g/mol. The Morgan fingerprint density at radius 2 is 2.12 bits per heavy atom. The quantitative estimate of drug-likeness (QED) is 0.841. The number of benzene rings is 1. The van der Waals surface area contributed by atoms with E-state index >= 15 is 0 Å². The van der Waals surface area contributed by atoms with Crippen molar-refractivity contribution in [3.63, 3.8) is 0 Å². The van der Waals surface area contributed by atoms with Gasteiger partial charge in [0.2, 0.25) is 0 Å². The summed E-state index contributed by atoms with van der Waals surface area (Å²) in [6.07, 6.45) is 1.73. The minimum atomic E-state index is -1.09. The summed E-state index contributed by atoms with van der Waals surface area (Å²) in [4.78, 5) is 11.6. The van der Waals surface area contributed by atoms with E-state index in [1.807, 2.05) is 13.8 Å². The lowest BCUT2D eigenvalue weighted by molar-refractivity contribution is 0.0933. The average molecular weight is 227 g/mol. The molecular weight excluding hydrogens is 212 g/mol. The molecule has 1 N–H and O–H groups in total. The highest BCUT2D eigenvalue weighted by molar-refractivity contribution is 5.94. The van der Waals surface area contributed by atoms with E-state index in [0.29, 0.717) is 0 Å². The molecule has 4 heteroatoms. The van der Waals surface area contributed by atoms with E-state index in [1.165, 1.54) is 12.1 Å². The zero-order valence-corrected chi connectivity index (χ0v) is 9.39. The Bertz CT molecular complexity index is 379. The summed E-state index contributed by atoms with van der Waals surface area (Å²) in [5.41, 5.74) is -0.247. The minimum Gasteiger partial charge on any atom is -0.349 e. The molecule has 2 nitrogen and oxygen atoms in total. The number of carbonyl (C=O) groups excluding carboxylic acids is 1. The van der Waals surface area contributed by atoms with E-state index in [9.17, 15) is 13.6 Å².